The summed E-state index contributed by atoms with van der Waals surface area (Å²) in [7, 11) is -3.67. The highest BCUT2D eigenvalue weighted by Crippen LogP contribution is 2.30. The van der Waals surface area contributed by atoms with Crippen LogP contribution in [0.4, 0.5) is 0 Å². The second-order valence-electron chi connectivity index (χ2n) is 4.16. The molecule has 0 spiro atoms. The van der Waals surface area contributed by atoms with Gasteiger partial charge in [-0.05, 0) is 23.8 Å². The Morgan fingerprint density at radius 2 is 2.00 bits per heavy atom. The van der Waals surface area contributed by atoms with Crippen LogP contribution in [0, 0.1) is 0 Å². The van der Waals surface area contributed by atoms with E-state index < -0.39 is 10.1 Å². The lowest BCUT2D eigenvalue weighted by atomic mass is 10.1. The summed E-state index contributed by atoms with van der Waals surface area (Å²) in [6.07, 6.45) is 1.94. The van der Waals surface area contributed by atoms with Gasteiger partial charge in [-0.3, -0.25) is 4.55 Å². The Labute approximate surface area is 111 Å². The molecule has 0 amide bonds. The van der Waals surface area contributed by atoms with E-state index >= 15 is 0 Å². The minimum Gasteiger partial charge on any atom is -0.357 e. The Kier molecular flexibility index (Phi) is 3.99. The number of aromatic amines is 1. The number of aryl methyl sites for hydroxylation is 1. The average molecular weight is 285 g/mol. The summed E-state index contributed by atoms with van der Waals surface area (Å²) < 4.78 is 25.9. The molecule has 0 aliphatic carbocycles. The molecule has 18 heavy (non-hydrogen) atoms. The monoisotopic (exact) mass is 285 g/mol. The lowest BCUT2D eigenvalue weighted by Gasteiger charge is -2.09. The van der Waals surface area contributed by atoms with Crippen LogP contribution in [0.5, 0.6) is 0 Å². The van der Waals surface area contributed by atoms with Gasteiger partial charge in [-0.2, -0.15) is 20.2 Å². The lowest BCUT2D eigenvalue weighted by molar-refractivity contribution is 0.490. The Bertz CT molecular complexity index is 638. The molecule has 0 radical (unpaired) electrons. The number of hydrogen-bond donors (Lipinski definition) is 2. The third-order valence-electron chi connectivity index (χ3n) is 2.64. The van der Waals surface area contributed by atoms with Crippen molar-refractivity contribution in [2.75, 3.05) is 12.0 Å². The molecule has 0 saturated carbocycles. The van der Waals surface area contributed by atoms with Gasteiger partial charge in [0.15, 0.2) is 0 Å². The van der Waals surface area contributed by atoms with Crippen LogP contribution < -0.4 is 0 Å². The lowest BCUT2D eigenvalue weighted by Crippen LogP contribution is -1.99. The van der Waals surface area contributed by atoms with Gasteiger partial charge in [0.05, 0.1) is 6.26 Å². The van der Waals surface area contributed by atoms with Gasteiger partial charge in [0.1, 0.15) is 0 Å². The zero-order chi connectivity index (χ0) is 13.2. The number of rotatable bonds is 0. The van der Waals surface area contributed by atoms with Gasteiger partial charge in [0.25, 0.3) is 10.1 Å². The van der Waals surface area contributed by atoms with Crippen LogP contribution in [0.1, 0.15) is 11.3 Å². The number of nitrogens with one attached hydrogen (secondary N) is 1. The first kappa shape index (κ1) is 13.5. The quantitative estimate of drug-likeness (QED) is 0.729. The van der Waals surface area contributed by atoms with Gasteiger partial charge >= 0.3 is 0 Å². The predicted molar refractivity (Wildman–Crippen MR) is 75.6 cm³/mol. The summed E-state index contributed by atoms with van der Waals surface area (Å²) in [6, 6.07) is 8.61. The molecule has 3 rings (SSSR count). The maximum Gasteiger partial charge on any atom is 0.261 e. The molecule has 0 unspecified atom stereocenters. The zero-order valence-electron chi connectivity index (χ0n) is 10.0. The molecule has 98 valence electrons. The molecule has 2 N–H and O–H groups in total. The first-order chi connectivity index (χ1) is 8.45. The second kappa shape index (κ2) is 5.34. The molecule has 4 nitrogen and oxygen atoms in total. The average Bonchev–Trinajstić information content (AvgIpc) is 2.65. The molecule has 1 aliphatic rings. The standard InChI is InChI=1S/C11H11NS.CH4O3S/c1-2-4-10-8(3-1)9-5-6-13-7-11(9)12-10;1-5(2,3)4/h1-4,12H,5-7H2;1H3,(H,2,3,4). The van der Waals surface area contributed by atoms with Crippen LogP contribution >= 0.6 is 11.8 Å². The highest BCUT2D eigenvalue weighted by Gasteiger charge is 2.14. The molecule has 0 saturated heterocycles. The summed E-state index contributed by atoms with van der Waals surface area (Å²) in [5.41, 5.74) is 4.29. The normalized spacial score (nSPS) is 14.8. The molecule has 0 atom stereocenters. The number of fused-ring (bicyclic) bond motifs is 3. The molecule has 0 fully saturated rings. The SMILES string of the molecule is CS(=O)(=O)O.c1ccc2c3c([nH]c2c1)CSCC3. The summed E-state index contributed by atoms with van der Waals surface area (Å²) in [5.74, 6) is 2.43. The zero-order valence-corrected chi connectivity index (χ0v) is 11.6. The number of H-pyrrole nitrogens is 1. The maximum absolute atomic E-state index is 9.19. The number of benzene rings is 1. The highest BCUT2D eigenvalue weighted by molar-refractivity contribution is 7.98. The Hall–Kier alpha value is -0.980. The van der Waals surface area contributed by atoms with Gasteiger partial charge < -0.3 is 4.98 Å². The fourth-order valence-electron chi connectivity index (χ4n) is 2.01. The highest BCUT2D eigenvalue weighted by atomic mass is 32.2. The second-order valence-corrected chi connectivity index (χ2v) is 6.73. The summed E-state index contributed by atoms with van der Waals surface area (Å²) in [5, 5.41) is 1.43. The van der Waals surface area contributed by atoms with E-state index in [-0.39, 0.29) is 0 Å². The molecule has 1 aliphatic heterocycles. The van der Waals surface area contributed by atoms with Crippen LogP contribution in [-0.4, -0.2) is 30.0 Å². The van der Waals surface area contributed by atoms with Gasteiger partial charge in [-0.1, -0.05) is 18.2 Å². The number of thioether (sulfide) groups is 1. The predicted octanol–water partition coefficient (Wildman–Crippen LogP) is 2.46. The fourth-order valence-corrected chi connectivity index (χ4v) is 2.96. The third-order valence-corrected chi connectivity index (χ3v) is 3.63. The molecule has 0 bridgehead atoms. The molecular weight excluding hydrogens is 270 g/mol. The van der Waals surface area contributed by atoms with Crippen molar-refractivity contribution >= 4 is 32.8 Å². The molecule has 1 aromatic heterocycles. The van der Waals surface area contributed by atoms with E-state index in [2.05, 4.69) is 29.2 Å². The largest absolute Gasteiger partial charge is 0.357 e. The van der Waals surface area contributed by atoms with Crippen LogP contribution in [0.2, 0.25) is 0 Å². The molecule has 2 aromatic rings. The Morgan fingerprint density at radius 3 is 2.72 bits per heavy atom. The van der Waals surface area contributed by atoms with E-state index in [0.717, 1.165) is 5.75 Å². The first-order valence-electron chi connectivity index (χ1n) is 5.54. The van der Waals surface area contributed by atoms with Gasteiger partial charge in [0.2, 0.25) is 0 Å². The van der Waals surface area contributed by atoms with E-state index in [1.807, 2.05) is 11.8 Å². The van der Waals surface area contributed by atoms with Crippen LogP contribution in [0.25, 0.3) is 10.9 Å². The van der Waals surface area contributed by atoms with Gasteiger partial charge in [-0.15, -0.1) is 0 Å². The Morgan fingerprint density at radius 1 is 1.33 bits per heavy atom. The summed E-state index contributed by atoms with van der Waals surface area (Å²) in [4.78, 5) is 3.50. The van der Waals surface area contributed by atoms with Crippen molar-refractivity contribution < 1.29 is 13.0 Å². The third kappa shape index (κ3) is 3.51. The molecule has 2 heterocycles. The number of hydrogen-bond acceptors (Lipinski definition) is 3. The van der Waals surface area contributed by atoms with Crippen molar-refractivity contribution in [3.63, 3.8) is 0 Å². The van der Waals surface area contributed by atoms with Crippen molar-refractivity contribution in [2.45, 2.75) is 12.2 Å². The number of para-hydroxylation sites is 1. The van der Waals surface area contributed by atoms with E-state index in [4.69, 9.17) is 4.55 Å². The first-order valence-corrected chi connectivity index (χ1v) is 8.54. The van der Waals surface area contributed by atoms with Crippen molar-refractivity contribution in [1.29, 1.82) is 0 Å². The Balaban J connectivity index is 0.000000209. The molecular formula is C12H15NO3S2. The molecule has 1 aromatic carbocycles. The van der Waals surface area contributed by atoms with Crippen molar-refractivity contribution in [2.24, 2.45) is 0 Å². The van der Waals surface area contributed by atoms with Crippen molar-refractivity contribution in [1.82, 2.24) is 4.98 Å². The van der Waals surface area contributed by atoms with Gasteiger partial charge in [-0.25, -0.2) is 0 Å². The fraction of sp³-hybridized carbons (Fsp3) is 0.333. The van der Waals surface area contributed by atoms with Crippen molar-refractivity contribution in [3.05, 3.63) is 35.5 Å². The van der Waals surface area contributed by atoms with Crippen LogP contribution in [0.3, 0.4) is 0 Å². The van der Waals surface area contributed by atoms with E-state index in [1.54, 1.807) is 5.56 Å². The summed E-state index contributed by atoms with van der Waals surface area (Å²) >= 11 is 2.02. The summed E-state index contributed by atoms with van der Waals surface area (Å²) in [6.45, 7) is 0. The van der Waals surface area contributed by atoms with E-state index in [9.17, 15) is 8.42 Å². The molecule has 6 heteroatoms. The van der Waals surface area contributed by atoms with Crippen LogP contribution in [0.15, 0.2) is 24.3 Å². The van der Waals surface area contributed by atoms with Crippen LogP contribution in [-0.2, 0) is 22.3 Å². The minimum absolute atomic E-state index is 0.715. The van der Waals surface area contributed by atoms with E-state index in [0.29, 0.717) is 6.26 Å². The number of aromatic nitrogens is 1. The van der Waals surface area contributed by atoms with E-state index in [1.165, 1.54) is 28.8 Å². The van der Waals surface area contributed by atoms with Crippen molar-refractivity contribution in [3.8, 4) is 0 Å². The smallest absolute Gasteiger partial charge is 0.261 e. The van der Waals surface area contributed by atoms with Gasteiger partial charge in [0, 0.05) is 22.3 Å². The topological polar surface area (TPSA) is 70.2 Å². The minimum atomic E-state index is -3.67. The maximum atomic E-state index is 9.19.